The summed E-state index contributed by atoms with van der Waals surface area (Å²) in [6.45, 7) is 0. The summed E-state index contributed by atoms with van der Waals surface area (Å²) in [4.78, 5) is 4.33. The van der Waals surface area contributed by atoms with Gasteiger partial charge in [-0.05, 0) is 58.4 Å². The van der Waals surface area contributed by atoms with Crippen molar-refractivity contribution in [2.75, 3.05) is 5.73 Å². The molecular weight excluding hydrogens is 330 g/mol. The van der Waals surface area contributed by atoms with Crippen LogP contribution in [0.15, 0.2) is 53.1 Å². The molecule has 0 saturated carbocycles. The highest BCUT2D eigenvalue weighted by Gasteiger charge is 2.08. The monoisotopic (exact) mass is 339 g/mol. The molecule has 0 unspecified atom stereocenters. The summed E-state index contributed by atoms with van der Waals surface area (Å²) in [6.07, 6.45) is 1.70. The first kappa shape index (κ1) is 13.4. The Kier molecular flexibility index (Phi) is 3.46. The standard InChI is InChI=1S/C16H10BrN3O/c17-13-8-11(4-3-10(13)9-18)21-15-6-5-14(19)12-2-1-7-20-16(12)15/h1-8H,19H2. The molecule has 0 aliphatic rings. The normalized spacial score (nSPS) is 10.3. The molecule has 0 aliphatic carbocycles. The van der Waals surface area contributed by atoms with E-state index in [-0.39, 0.29) is 0 Å². The highest BCUT2D eigenvalue weighted by atomic mass is 79.9. The number of hydrogen-bond donors (Lipinski definition) is 1. The van der Waals surface area contributed by atoms with Crippen LogP contribution in [-0.4, -0.2) is 4.98 Å². The maximum Gasteiger partial charge on any atom is 0.153 e. The highest BCUT2D eigenvalue weighted by Crippen LogP contribution is 2.33. The van der Waals surface area contributed by atoms with Gasteiger partial charge >= 0.3 is 0 Å². The first-order valence-electron chi connectivity index (χ1n) is 6.20. The largest absolute Gasteiger partial charge is 0.455 e. The molecule has 0 aliphatic heterocycles. The Morgan fingerprint density at radius 2 is 2.05 bits per heavy atom. The Morgan fingerprint density at radius 1 is 1.19 bits per heavy atom. The maximum atomic E-state index is 8.93. The smallest absolute Gasteiger partial charge is 0.153 e. The number of ether oxygens (including phenoxy) is 1. The summed E-state index contributed by atoms with van der Waals surface area (Å²) in [5.74, 6) is 1.24. The number of benzene rings is 2. The van der Waals surface area contributed by atoms with Gasteiger partial charge < -0.3 is 10.5 Å². The van der Waals surface area contributed by atoms with Crippen molar-refractivity contribution in [2.24, 2.45) is 0 Å². The van der Waals surface area contributed by atoms with Crippen LogP contribution in [0, 0.1) is 11.3 Å². The number of fused-ring (bicyclic) bond motifs is 1. The fourth-order valence-corrected chi connectivity index (χ4v) is 2.47. The Hall–Kier alpha value is -2.58. The molecule has 2 aromatic carbocycles. The van der Waals surface area contributed by atoms with Crippen LogP contribution in [0.5, 0.6) is 11.5 Å². The fraction of sp³-hybridized carbons (Fsp3) is 0. The van der Waals surface area contributed by atoms with Crippen LogP contribution in [0.2, 0.25) is 0 Å². The molecule has 0 saturated heterocycles. The molecule has 3 aromatic rings. The average Bonchev–Trinajstić information content (AvgIpc) is 2.51. The van der Waals surface area contributed by atoms with E-state index in [1.165, 1.54) is 0 Å². The van der Waals surface area contributed by atoms with Crippen LogP contribution < -0.4 is 10.5 Å². The van der Waals surface area contributed by atoms with E-state index >= 15 is 0 Å². The molecule has 5 heteroatoms. The molecule has 2 N–H and O–H groups in total. The third-order valence-corrected chi connectivity index (χ3v) is 3.71. The van der Waals surface area contributed by atoms with Gasteiger partial charge in [0.2, 0.25) is 0 Å². The summed E-state index contributed by atoms with van der Waals surface area (Å²) in [6, 6.07) is 14.6. The van der Waals surface area contributed by atoms with Crippen molar-refractivity contribution < 1.29 is 4.74 Å². The predicted octanol–water partition coefficient (Wildman–Crippen LogP) is 4.24. The predicted molar refractivity (Wildman–Crippen MR) is 85.1 cm³/mol. The number of rotatable bonds is 2. The van der Waals surface area contributed by atoms with Crippen molar-refractivity contribution in [3.8, 4) is 17.6 Å². The van der Waals surface area contributed by atoms with E-state index in [4.69, 9.17) is 15.7 Å². The van der Waals surface area contributed by atoms with Gasteiger partial charge in [-0.2, -0.15) is 5.26 Å². The zero-order chi connectivity index (χ0) is 14.8. The van der Waals surface area contributed by atoms with Gasteiger partial charge in [-0.25, -0.2) is 0 Å². The third-order valence-electron chi connectivity index (χ3n) is 3.06. The molecule has 1 heterocycles. The van der Waals surface area contributed by atoms with Crippen LogP contribution >= 0.6 is 15.9 Å². The summed E-state index contributed by atoms with van der Waals surface area (Å²) in [5.41, 5.74) is 7.86. The van der Waals surface area contributed by atoms with Gasteiger partial charge in [-0.3, -0.25) is 4.98 Å². The van der Waals surface area contributed by atoms with Crippen molar-refractivity contribution in [3.63, 3.8) is 0 Å². The van der Waals surface area contributed by atoms with E-state index in [9.17, 15) is 0 Å². The molecule has 0 bridgehead atoms. The second-order valence-corrected chi connectivity index (χ2v) is 5.26. The fourth-order valence-electron chi connectivity index (χ4n) is 2.03. The first-order valence-corrected chi connectivity index (χ1v) is 6.99. The van der Waals surface area contributed by atoms with E-state index in [1.54, 1.807) is 36.5 Å². The Balaban J connectivity index is 2.05. The summed E-state index contributed by atoms with van der Waals surface area (Å²) in [5, 5.41) is 9.78. The lowest BCUT2D eigenvalue weighted by Gasteiger charge is -2.10. The zero-order valence-electron chi connectivity index (χ0n) is 10.9. The number of nitrogens with zero attached hydrogens (tertiary/aromatic N) is 2. The van der Waals surface area contributed by atoms with Gasteiger partial charge in [0.25, 0.3) is 0 Å². The molecule has 3 rings (SSSR count). The number of pyridine rings is 1. The van der Waals surface area contributed by atoms with Crippen LogP contribution in [0.25, 0.3) is 10.9 Å². The minimum absolute atomic E-state index is 0.558. The number of aromatic nitrogens is 1. The lowest BCUT2D eigenvalue weighted by molar-refractivity contribution is 0.487. The lowest BCUT2D eigenvalue weighted by Crippen LogP contribution is -1.92. The van der Waals surface area contributed by atoms with Crippen LogP contribution in [0.1, 0.15) is 5.56 Å². The second-order valence-electron chi connectivity index (χ2n) is 4.41. The molecule has 0 amide bonds. The number of nitrogen functional groups attached to an aromatic ring is 1. The molecule has 102 valence electrons. The molecular formula is C16H10BrN3O. The molecule has 21 heavy (non-hydrogen) atoms. The molecule has 1 aromatic heterocycles. The van der Waals surface area contributed by atoms with E-state index in [0.717, 1.165) is 5.39 Å². The number of nitrogens with two attached hydrogens (primary N) is 1. The van der Waals surface area contributed by atoms with Gasteiger partial charge in [0.05, 0.1) is 5.56 Å². The maximum absolute atomic E-state index is 8.93. The molecule has 0 spiro atoms. The summed E-state index contributed by atoms with van der Waals surface area (Å²) in [7, 11) is 0. The molecule has 0 radical (unpaired) electrons. The van der Waals surface area contributed by atoms with Crippen LogP contribution in [-0.2, 0) is 0 Å². The Morgan fingerprint density at radius 3 is 2.81 bits per heavy atom. The minimum atomic E-state index is 0.558. The van der Waals surface area contributed by atoms with E-state index in [1.807, 2.05) is 12.1 Å². The number of halogens is 1. The summed E-state index contributed by atoms with van der Waals surface area (Å²) < 4.78 is 6.56. The lowest BCUT2D eigenvalue weighted by atomic mass is 10.1. The molecule has 0 fully saturated rings. The zero-order valence-corrected chi connectivity index (χ0v) is 12.5. The number of anilines is 1. The summed E-state index contributed by atoms with van der Waals surface area (Å²) >= 11 is 3.34. The van der Waals surface area contributed by atoms with Gasteiger partial charge in [0.15, 0.2) is 5.75 Å². The van der Waals surface area contributed by atoms with Crippen molar-refractivity contribution in [1.29, 1.82) is 5.26 Å². The number of nitriles is 1. The quantitative estimate of drug-likeness (QED) is 0.708. The van der Waals surface area contributed by atoms with Gasteiger partial charge in [0, 0.05) is 21.7 Å². The van der Waals surface area contributed by atoms with Crippen molar-refractivity contribution in [1.82, 2.24) is 4.98 Å². The van der Waals surface area contributed by atoms with Crippen LogP contribution in [0.4, 0.5) is 5.69 Å². The van der Waals surface area contributed by atoms with Gasteiger partial charge in [-0.1, -0.05) is 0 Å². The highest BCUT2D eigenvalue weighted by molar-refractivity contribution is 9.10. The average molecular weight is 340 g/mol. The topological polar surface area (TPSA) is 71.9 Å². The van der Waals surface area contributed by atoms with Crippen molar-refractivity contribution >= 4 is 32.5 Å². The second kappa shape index (κ2) is 5.43. The third kappa shape index (κ3) is 2.54. The SMILES string of the molecule is N#Cc1ccc(Oc2ccc(N)c3cccnc23)cc1Br. The molecule has 0 atom stereocenters. The van der Waals surface area contributed by atoms with E-state index in [0.29, 0.717) is 32.7 Å². The Bertz CT molecular complexity index is 871. The van der Waals surface area contributed by atoms with Gasteiger partial charge in [0.1, 0.15) is 17.3 Å². The first-order chi connectivity index (χ1) is 10.2. The van der Waals surface area contributed by atoms with E-state index < -0.39 is 0 Å². The Labute approximate surface area is 129 Å². The van der Waals surface area contributed by atoms with Crippen molar-refractivity contribution in [2.45, 2.75) is 0 Å². The number of hydrogen-bond acceptors (Lipinski definition) is 4. The minimum Gasteiger partial charge on any atom is -0.455 e. The van der Waals surface area contributed by atoms with Gasteiger partial charge in [-0.15, -0.1) is 0 Å². The van der Waals surface area contributed by atoms with Crippen LogP contribution in [0.3, 0.4) is 0 Å². The van der Waals surface area contributed by atoms with Crippen molar-refractivity contribution in [3.05, 3.63) is 58.7 Å². The van der Waals surface area contributed by atoms with E-state index in [2.05, 4.69) is 27.0 Å². The molecule has 4 nitrogen and oxygen atoms in total.